The number of carbonyl (C=O) groups excluding carboxylic acids is 1. The van der Waals surface area contributed by atoms with E-state index in [0.29, 0.717) is 19.5 Å². The van der Waals surface area contributed by atoms with Gasteiger partial charge in [0.1, 0.15) is 12.7 Å². The second kappa shape index (κ2) is 9.02. The summed E-state index contributed by atoms with van der Waals surface area (Å²) in [6, 6.07) is 9.61. The molecule has 0 aliphatic heterocycles. The van der Waals surface area contributed by atoms with Crippen LogP contribution in [0.3, 0.4) is 0 Å². The zero-order valence-corrected chi connectivity index (χ0v) is 14.1. The molecule has 3 N–H and O–H groups in total. The minimum atomic E-state index is -0.425. The lowest BCUT2D eigenvalue weighted by molar-refractivity contribution is 0.173. The van der Waals surface area contributed by atoms with Crippen LogP contribution in [-0.2, 0) is 6.54 Å². The van der Waals surface area contributed by atoms with E-state index in [1.165, 1.54) is 6.33 Å². The minimum absolute atomic E-state index is 0.0707. The summed E-state index contributed by atoms with van der Waals surface area (Å²) in [5, 5.41) is 19.5. The summed E-state index contributed by atoms with van der Waals surface area (Å²) in [6.45, 7) is 4.70. The second-order valence-electron chi connectivity index (χ2n) is 6.07. The zero-order valence-electron chi connectivity index (χ0n) is 14.1. The quantitative estimate of drug-likeness (QED) is 0.684. The minimum Gasteiger partial charge on any atom is -0.393 e. The van der Waals surface area contributed by atoms with Gasteiger partial charge in [-0.3, -0.25) is 4.68 Å². The third-order valence-corrected chi connectivity index (χ3v) is 3.71. The van der Waals surface area contributed by atoms with Crippen LogP contribution in [-0.4, -0.2) is 44.6 Å². The number of nitrogens with one attached hydrogen (secondary N) is 2. The van der Waals surface area contributed by atoms with E-state index in [9.17, 15) is 9.90 Å². The van der Waals surface area contributed by atoms with Crippen molar-refractivity contribution >= 4 is 6.03 Å². The van der Waals surface area contributed by atoms with Crippen LogP contribution in [0.1, 0.15) is 31.7 Å². The average molecular weight is 331 g/mol. The Bertz CT molecular complexity index is 601. The predicted octanol–water partition coefficient (Wildman–Crippen LogP) is 1.52. The van der Waals surface area contributed by atoms with E-state index in [1.54, 1.807) is 17.9 Å². The molecule has 0 saturated carbocycles. The Kier molecular flexibility index (Phi) is 6.74. The molecule has 0 aliphatic carbocycles. The van der Waals surface area contributed by atoms with Gasteiger partial charge in [-0.25, -0.2) is 9.78 Å². The van der Waals surface area contributed by atoms with E-state index in [1.807, 2.05) is 37.3 Å². The molecule has 0 aliphatic rings. The Morgan fingerprint density at radius 2 is 2.04 bits per heavy atom. The summed E-state index contributed by atoms with van der Waals surface area (Å²) in [7, 11) is 0. The molecule has 7 nitrogen and oxygen atoms in total. The molecule has 2 rings (SSSR count). The van der Waals surface area contributed by atoms with E-state index >= 15 is 0 Å². The first-order chi connectivity index (χ1) is 11.5. The number of hydrogen-bond donors (Lipinski definition) is 3. The molecule has 0 fully saturated rings. The van der Waals surface area contributed by atoms with E-state index < -0.39 is 6.10 Å². The number of nitrogens with zero attached hydrogens (tertiary/aromatic N) is 3. The lowest BCUT2D eigenvalue weighted by Gasteiger charge is -2.21. The normalized spacial score (nSPS) is 14.6. The monoisotopic (exact) mass is 331 g/mol. The van der Waals surface area contributed by atoms with Gasteiger partial charge in [-0.05, 0) is 25.8 Å². The fourth-order valence-electron chi connectivity index (χ4n) is 2.62. The smallest absolute Gasteiger partial charge is 0.315 e. The highest BCUT2D eigenvalue weighted by molar-refractivity contribution is 5.74. The fraction of sp³-hybridized carbons (Fsp3) is 0.471. The Morgan fingerprint density at radius 3 is 2.67 bits per heavy atom. The third kappa shape index (κ3) is 6.00. The Hall–Kier alpha value is -2.41. The van der Waals surface area contributed by atoms with Gasteiger partial charge in [0.05, 0.1) is 12.6 Å². The van der Waals surface area contributed by atoms with Crippen molar-refractivity contribution in [3.05, 3.63) is 48.5 Å². The van der Waals surface area contributed by atoms with Crippen LogP contribution in [0.2, 0.25) is 0 Å². The van der Waals surface area contributed by atoms with Gasteiger partial charge in [0.15, 0.2) is 0 Å². The van der Waals surface area contributed by atoms with Crippen molar-refractivity contribution < 1.29 is 9.90 Å². The zero-order chi connectivity index (χ0) is 17.4. The van der Waals surface area contributed by atoms with E-state index in [4.69, 9.17) is 0 Å². The van der Waals surface area contributed by atoms with Gasteiger partial charge in [-0.1, -0.05) is 30.3 Å². The van der Waals surface area contributed by atoms with Crippen LogP contribution in [0, 0.1) is 0 Å². The molecule has 2 aromatic rings. The molecule has 7 heteroatoms. The van der Waals surface area contributed by atoms with Gasteiger partial charge in [0, 0.05) is 18.5 Å². The molecule has 130 valence electrons. The average Bonchev–Trinajstić information content (AvgIpc) is 3.04. The predicted molar refractivity (Wildman–Crippen MR) is 91.5 cm³/mol. The lowest BCUT2D eigenvalue weighted by Crippen LogP contribution is -2.44. The highest BCUT2D eigenvalue weighted by Gasteiger charge is 2.16. The SMILES string of the molecule is CC(O)CC(CNC(=O)NC(C)Cn1cncn1)c1ccccc1. The summed E-state index contributed by atoms with van der Waals surface area (Å²) < 4.78 is 1.67. The van der Waals surface area contributed by atoms with Crippen LogP contribution < -0.4 is 10.6 Å². The molecule has 0 spiro atoms. The Balaban J connectivity index is 1.83. The first kappa shape index (κ1) is 17.9. The molecule has 3 atom stereocenters. The number of carbonyl (C=O) groups is 1. The molecular weight excluding hydrogens is 306 g/mol. The van der Waals surface area contributed by atoms with Crippen molar-refractivity contribution in [3.63, 3.8) is 0 Å². The van der Waals surface area contributed by atoms with Gasteiger partial charge < -0.3 is 15.7 Å². The number of rotatable bonds is 8. The highest BCUT2D eigenvalue weighted by atomic mass is 16.3. The number of aliphatic hydroxyl groups is 1. The number of aromatic nitrogens is 3. The fourth-order valence-corrected chi connectivity index (χ4v) is 2.62. The summed E-state index contributed by atoms with van der Waals surface area (Å²) in [5.74, 6) is 0.0718. The first-order valence-corrected chi connectivity index (χ1v) is 8.14. The van der Waals surface area contributed by atoms with Crippen molar-refractivity contribution in [1.29, 1.82) is 0 Å². The van der Waals surface area contributed by atoms with Crippen LogP contribution >= 0.6 is 0 Å². The maximum absolute atomic E-state index is 12.1. The topological polar surface area (TPSA) is 92.1 Å². The summed E-state index contributed by atoms with van der Waals surface area (Å²) in [5.41, 5.74) is 1.11. The maximum Gasteiger partial charge on any atom is 0.315 e. The molecule has 0 saturated heterocycles. The number of amides is 2. The molecule has 0 radical (unpaired) electrons. The summed E-state index contributed by atoms with van der Waals surface area (Å²) in [6.07, 6.45) is 3.25. The molecule has 2 amide bonds. The molecule has 24 heavy (non-hydrogen) atoms. The molecule has 1 aromatic heterocycles. The van der Waals surface area contributed by atoms with Crippen molar-refractivity contribution in [1.82, 2.24) is 25.4 Å². The van der Waals surface area contributed by atoms with Gasteiger partial charge in [0.2, 0.25) is 0 Å². The second-order valence-corrected chi connectivity index (χ2v) is 6.07. The van der Waals surface area contributed by atoms with E-state index in [0.717, 1.165) is 5.56 Å². The van der Waals surface area contributed by atoms with Gasteiger partial charge in [-0.2, -0.15) is 5.10 Å². The number of urea groups is 1. The molecule has 1 aromatic carbocycles. The first-order valence-electron chi connectivity index (χ1n) is 8.14. The van der Waals surface area contributed by atoms with Crippen molar-refractivity contribution in [3.8, 4) is 0 Å². The Morgan fingerprint density at radius 1 is 1.29 bits per heavy atom. The van der Waals surface area contributed by atoms with Crippen LogP contribution in [0.15, 0.2) is 43.0 Å². The van der Waals surface area contributed by atoms with Crippen LogP contribution in [0.4, 0.5) is 4.79 Å². The maximum atomic E-state index is 12.1. The third-order valence-electron chi connectivity index (χ3n) is 3.71. The molecule has 1 heterocycles. The molecular formula is C17H25N5O2. The summed E-state index contributed by atoms with van der Waals surface area (Å²) in [4.78, 5) is 15.9. The van der Waals surface area contributed by atoms with E-state index in [-0.39, 0.29) is 18.0 Å². The van der Waals surface area contributed by atoms with E-state index in [2.05, 4.69) is 20.7 Å². The van der Waals surface area contributed by atoms with Crippen molar-refractivity contribution in [2.24, 2.45) is 0 Å². The van der Waals surface area contributed by atoms with Crippen molar-refractivity contribution in [2.45, 2.75) is 44.9 Å². The summed E-state index contributed by atoms with van der Waals surface area (Å²) >= 11 is 0. The molecule has 0 bridgehead atoms. The largest absolute Gasteiger partial charge is 0.393 e. The lowest BCUT2D eigenvalue weighted by atomic mass is 9.93. The van der Waals surface area contributed by atoms with Crippen LogP contribution in [0.5, 0.6) is 0 Å². The number of hydrogen-bond acceptors (Lipinski definition) is 4. The Labute approximate surface area is 142 Å². The number of aliphatic hydroxyl groups excluding tert-OH is 1. The van der Waals surface area contributed by atoms with Gasteiger partial charge in [0.25, 0.3) is 0 Å². The standard InChI is InChI=1S/C17H25N5O2/c1-13(10-22-12-18-11-20-22)21-17(24)19-9-16(8-14(2)23)15-6-4-3-5-7-15/h3-7,11-14,16,23H,8-10H2,1-2H3,(H2,19,21,24). The van der Waals surface area contributed by atoms with Gasteiger partial charge in [-0.15, -0.1) is 0 Å². The number of benzene rings is 1. The van der Waals surface area contributed by atoms with Gasteiger partial charge >= 0.3 is 6.03 Å². The van der Waals surface area contributed by atoms with Crippen molar-refractivity contribution in [2.75, 3.05) is 6.54 Å². The molecule has 3 unspecified atom stereocenters. The van der Waals surface area contributed by atoms with Crippen LogP contribution in [0.25, 0.3) is 0 Å². The highest BCUT2D eigenvalue weighted by Crippen LogP contribution is 2.20.